The van der Waals surface area contributed by atoms with Crippen LogP contribution < -0.4 is 0 Å². The molecular weight excluding hydrogens is 298 g/mol. The van der Waals surface area contributed by atoms with Gasteiger partial charge < -0.3 is 4.90 Å². The summed E-state index contributed by atoms with van der Waals surface area (Å²) in [5.41, 5.74) is 1.18. The van der Waals surface area contributed by atoms with Crippen molar-refractivity contribution in [2.45, 2.75) is 30.7 Å². The molecule has 2 nitrogen and oxygen atoms in total. The maximum atomic E-state index is 12.1. The highest BCUT2D eigenvalue weighted by Crippen LogP contribution is 2.16. The lowest BCUT2D eigenvalue weighted by molar-refractivity contribution is -0.130. The standard InChI is InChI=1S/C17H21NOS2/c1-18(13-14-8-10-15(20-2)11-9-14)17(19)7-3-5-16-6-4-12-21-16/h4,6,8-12H,3,5,7,13H2,1-2H3. The molecule has 0 aliphatic heterocycles. The Labute approximate surface area is 135 Å². The van der Waals surface area contributed by atoms with Gasteiger partial charge in [-0.2, -0.15) is 0 Å². The molecule has 0 bridgehead atoms. The zero-order chi connectivity index (χ0) is 15.1. The van der Waals surface area contributed by atoms with Crippen LogP contribution in [0.15, 0.2) is 46.7 Å². The lowest BCUT2D eigenvalue weighted by Crippen LogP contribution is -2.25. The summed E-state index contributed by atoms with van der Waals surface area (Å²) in [7, 11) is 1.88. The molecule has 0 radical (unpaired) electrons. The first-order valence-electron chi connectivity index (χ1n) is 7.08. The average molecular weight is 319 g/mol. The van der Waals surface area contributed by atoms with Crippen molar-refractivity contribution in [3.05, 3.63) is 52.2 Å². The number of rotatable bonds is 7. The second-order valence-corrected chi connectivity index (χ2v) is 6.94. The van der Waals surface area contributed by atoms with E-state index in [4.69, 9.17) is 0 Å². The number of benzene rings is 1. The van der Waals surface area contributed by atoms with Crippen molar-refractivity contribution in [2.24, 2.45) is 0 Å². The van der Waals surface area contributed by atoms with Gasteiger partial charge in [-0.25, -0.2) is 0 Å². The number of aryl methyl sites for hydroxylation is 1. The van der Waals surface area contributed by atoms with E-state index in [1.54, 1.807) is 23.1 Å². The number of amides is 1. The Balaban J connectivity index is 1.76. The molecule has 2 aromatic rings. The maximum Gasteiger partial charge on any atom is 0.222 e. The Hall–Kier alpha value is -1.26. The number of carbonyl (C=O) groups is 1. The van der Waals surface area contributed by atoms with E-state index < -0.39 is 0 Å². The highest BCUT2D eigenvalue weighted by atomic mass is 32.2. The maximum absolute atomic E-state index is 12.1. The van der Waals surface area contributed by atoms with E-state index in [9.17, 15) is 4.79 Å². The first kappa shape index (κ1) is 16.1. The van der Waals surface area contributed by atoms with Gasteiger partial charge in [-0.1, -0.05) is 18.2 Å². The molecule has 0 spiro atoms. The summed E-state index contributed by atoms with van der Waals surface area (Å²) < 4.78 is 0. The Morgan fingerprint density at radius 1 is 1.24 bits per heavy atom. The first-order valence-corrected chi connectivity index (χ1v) is 9.19. The summed E-state index contributed by atoms with van der Waals surface area (Å²) in [5.74, 6) is 0.223. The van der Waals surface area contributed by atoms with Crippen LogP contribution in [0.25, 0.3) is 0 Å². The van der Waals surface area contributed by atoms with Gasteiger partial charge in [0.15, 0.2) is 0 Å². The molecule has 1 aromatic heterocycles. The topological polar surface area (TPSA) is 20.3 Å². The van der Waals surface area contributed by atoms with E-state index in [0.717, 1.165) is 12.8 Å². The van der Waals surface area contributed by atoms with Crippen molar-refractivity contribution in [3.63, 3.8) is 0 Å². The van der Waals surface area contributed by atoms with Gasteiger partial charge in [0.1, 0.15) is 0 Å². The van der Waals surface area contributed by atoms with Crippen LogP contribution in [0.1, 0.15) is 23.3 Å². The summed E-state index contributed by atoms with van der Waals surface area (Å²) in [4.78, 5) is 16.6. The minimum absolute atomic E-state index is 0.223. The van der Waals surface area contributed by atoms with Crippen LogP contribution in [0.3, 0.4) is 0 Å². The molecule has 1 aromatic carbocycles. The SMILES string of the molecule is CSc1ccc(CN(C)C(=O)CCCc2cccs2)cc1. The third-order valence-electron chi connectivity index (χ3n) is 3.40. The fourth-order valence-corrected chi connectivity index (χ4v) is 3.31. The van der Waals surface area contributed by atoms with Crippen LogP contribution in [0.2, 0.25) is 0 Å². The third kappa shape index (κ3) is 5.21. The second kappa shape index (κ2) is 8.25. The molecule has 4 heteroatoms. The number of thioether (sulfide) groups is 1. The quantitative estimate of drug-likeness (QED) is 0.703. The minimum Gasteiger partial charge on any atom is -0.341 e. The van der Waals surface area contributed by atoms with Crippen LogP contribution in [0.5, 0.6) is 0 Å². The van der Waals surface area contributed by atoms with E-state index in [0.29, 0.717) is 13.0 Å². The second-order valence-electron chi connectivity index (χ2n) is 5.03. The molecule has 112 valence electrons. The number of thiophene rings is 1. The van der Waals surface area contributed by atoms with Gasteiger partial charge >= 0.3 is 0 Å². The van der Waals surface area contributed by atoms with Gasteiger partial charge in [-0.3, -0.25) is 4.79 Å². The van der Waals surface area contributed by atoms with Crippen molar-refractivity contribution in [1.82, 2.24) is 4.90 Å². The molecule has 0 aliphatic carbocycles. The molecule has 1 heterocycles. The van der Waals surface area contributed by atoms with Crippen LogP contribution in [-0.2, 0) is 17.8 Å². The highest BCUT2D eigenvalue weighted by molar-refractivity contribution is 7.98. The van der Waals surface area contributed by atoms with E-state index in [2.05, 4.69) is 48.0 Å². The molecular formula is C17H21NOS2. The molecule has 21 heavy (non-hydrogen) atoms. The summed E-state index contributed by atoms with van der Waals surface area (Å²) in [6, 6.07) is 12.6. The fourth-order valence-electron chi connectivity index (χ4n) is 2.15. The summed E-state index contributed by atoms with van der Waals surface area (Å²) in [6.45, 7) is 0.687. The fraction of sp³-hybridized carbons (Fsp3) is 0.353. The van der Waals surface area contributed by atoms with Gasteiger partial charge in [-0.15, -0.1) is 23.1 Å². The van der Waals surface area contributed by atoms with E-state index >= 15 is 0 Å². The molecule has 0 atom stereocenters. The smallest absolute Gasteiger partial charge is 0.222 e. The van der Waals surface area contributed by atoms with Gasteiger partial charge in [0, 0.05) is 29.8 Å². The van der Waals surface area contributed by atoms with E-state index in [1.807, 2.05) is 11.9 Å². The number of hydrogen-bond acceptors (Lipinski definition) is 3. The zero-order valence-corrected chi connectivity index (χ0v) is 14.2. The molecule has 1 amide bonds. The molecule has 2 rings (SSSR count). The lowest BCUT2D eigenvalue weighted by Gasteiger charge is -2.17. The summed E-state index contributed by atoms with van der Waals surface area (Å²) in [6.07, 6.45) is 4.62. The molecule has 0 saturated carbocycles. The highest BCUT2D eigenvalue weighted by Gasteiger charge is 2.09. The van der Waals surface area contributed by atoms with Crippen molar-refractivity contribution in [2.75, 3.05) is 13.3 Å². The predicted octanol–water partition coefficient (Wildman–Crippen LogP) is 4.45. The summed E-state index contributed by atoms with van der Waals surface area (Å²) >= 11 is 3.50. The Bertz CT molecular complexity index is 549. The Kier molecular flexibility index (Phi) is 6.33. The van der Waals surface area contributed by atoms with Crippen LogP contribution in [0, 0.1) is 0 Å². The van der Waals surface area contributed by atoms with Gasteiger partial charge in [-0.05, 0) is 48.2 Å². The average Bonchev–Trinajstić information content (AvgIpc) is 3.01. The molecule has 0 fully saturated rings. The number of carbonyl (C=O) groups excluding carboxylic acids is 1. The van der Waals surface area contributed by atoms with Crippen LogP contribution >= 0.6 is 23.1 Å². The van der Waals surface area contributed by atoms with Crippen LogP contribution in [-0.4, -0.2) is 24.1 Å². The first-order chi connectivity index (χ1) is 10.2. The molecule has 0 saturated heterocycles. The normalized spacial score (nSPS) is 10.6. The lowest BCUT2D eigenvalue weighted by atomic mass is 10.2. The summed E-state index contributed by atoms with van der Waals surface area (Å²) in [5, 5.41) is 2.08. The monoisotopic (exact) mass is 319 g/mol. The van der Waals surface area contributed by atoms with Gasteiger partial charge in [0.25, 0.3) is 0 Å². The van der Waals surface area contributed by atoms with E-state index in [1.165, 1.54) is 15.3 Å². The Morgan fingerprint density at radius 3 is 2.62 bits per heavy atom. The van der Waals surface area contributed by atoms with Crippen molar-refractivity contribution in [1.29, 1.82) is 0 Å². The van der Waals surface area contributed by atoms with E-state index in [-0.39, 0.29) is 5.91 Å². The number of hydrogen-bond donors (Lipinski definition) is 0. The molecule has 0 unspecified atom stereocenters. The van der Waals surface area contributed by atoms with Crippen LogP contribution in [0.4, 0.5) is 0 Å². The largest absolute Gasteiger partial charge is 0.341 e. The third-order valence-corrected chi connectivity index (χ3v) is 5.08. The molecule has 0 aliphatic rings. The van der Waals surface area contributed by atoms with Crippen molar-refractivity contribution >= 4 is 29.0 Å². The van der Waals surface area contributed by atoms with Gasteiger partial charge in [0.2, 0.25) is 5.91 Å². The Morgan fingerprint density at radius 2 is 2.00 bits per heavy atom. The molecule has 0 N–H and O–H groups in total. The number of nitrogens with zero attached hydrogens (tertiary/aromatic N) is 1. The predicted molar refractivity (Wildman–Crippen MR) is 92.0 cm³/mol. The van der Waals surface area contributed by atoms with Gasteiger partial charge in [0.05, 0.1) is 0 Å². The van der Waals surface area contributed by atoms with Crippen molar-refractivity contribution in [3.8, 4) is 0 Å². The minimum atomic E-state index is 0.223. The van der Waals surface area contributed by atoms with Crippen molar-refractivity contribution < 1.29 is 4.79 Å². The zero-order valence-electron chi connectivity index (χ0n) is 12.5.